The van der Waals surface area contributed by atoms with Crippen LogP contribution in [0.25, 0.3) is 0 Å². The van der Waals surface area contributed by atoms with E-state index in [4.69, 9.17) is 0 Å². The summed E-state index contributed by atoms with van der Waals surface area (Å²) in [5, 5.41) is 0. The van der Waals surface area contributed by atoms with Gasteiger partial charge in [0.15, 0.2) is 6.29 Å². The van der Waals surface area contributed by atoms with Crippen LogP contribution in [0.2, 0.25) is 0 Å². The maximum absolute atomic E-state index is 11.2. The minimum absolute atomic E-state index is 0.691. The van der Waals surface area contributed by atoms with Crippen molar-refractivity contribution in [1.82, 2.24) is 0 Å². The van der Waals surface area contributed by atoms with Crippen LogP contribution in [0.3, 0.4) is 0 Å². The van der Waals surface area contributed by atoms with Gasteiger partial charge in [-0.15, -0.1) is 0 Å². The van der Waals surface area contributed by atoms with Crippen LogP contribution in [0, 0.1) is 6.92 Å². The zero-order valence-corrected chi connectivity index (χ0v) is 12.6. The number of aldehydes is 1. The van der Waals surface area contributed by atoms with E-state index >= 15 is 0 Å². The van der Waals surface area contributed by atoms with Crippen molar-refractivity contribution in [2.24, 2.45) is 0 Å². The summed E-state index contributed by atoms with van der Waals surface area (Å²) in [4.78, 5) is 13.4. The van der Waals surface area contributed by atoms with Crippen LogP contribution >= 0.6 is 15.9 Å². The van der Waals surface area contributed by atoms with Crippen molar-refractivity contribution < 1.29 is 4.79 Å². The second kappa shape index (κ2) is 6.02. The van der Waals surface area contributed by atoms with Crippen molar-refractivity contribution in [3.8, 4) is 0 Å². The quantitative estimate of drug-likeness (QED) is 0.760. The molecule has 0 aliphatic rings. The second-order valence-corrected chi connectivity index (χ2v) is 5.32. The molecule has 0 unspecified atom stereocenters. The largest absolute Gasteiger partial charge is 0.341 e. The highest BCUT2D eigenvalue weighted by Gasteiger charge is 2.11. The molecule has 19 heavy (non-hydrogen) atoms. The lowest BCUT2D eigenvalue weighted by Gasteiger charge is -2.25. The summed E-state index contributed by atoms with van der Waals surface area (Å²) in [7, 11) is 0. The first-order valence-corrected chi connectivity index (χ1v) is 7.04. The number of carbonyl (C=O) groups is 1. The van der Waals surface area contributed by atoms with Gasteiger partial charge in [0.25, 0.3) is 0 Å². The van der Waals surface area contributed by atoms with Gasteiger partial charge in [-0.05, 0) is 44.2 Å². The summed E-state index contributed by atoms with van der Waals surface area (Å²) in [6.07, 6.45) is 0.900. The zero-order chi connectivity index (χ0) is 13.8. The molecule has 0 fully saturated rings. The monoisotopic (exact) mass is 317 g/mol. The Kier molecular flexibility index (Phi) is 4.38. The third kappa shape index (κ3) is 3.04. The Labute approximate surface area is 122 Å². The van der Waals surface area contributed by atoms with Gasteiger partial charge < -0.3 is 4.90 Å². The van der Waals surface area contributed by atoms with Gasteiger partial charge in [-0.3, -0.25) is 4.79 Å². The van der Waals surface area contributed by atoms with Gasteiger partial charge in [-0.1, -0.05) is 33.6 Å². The predicted octanol–water partition coefficient (Wildman–Crippen LogP) is 4.73. The van der Waals surface area contributed by atoms with E-state index < -0.39 is 0 Å². The summed E-state index contributed by atoms with van der Waals surface area (Å²) < 4.78 is 0.915. The SMILES string of the molecule is CCN(c1ccc(C)cc1)c1ccc(Br)cc1C=O. The standard InChI is InChI=1S/C16H16BrNO/c1-3-18(15-7-4-12(2)5-8-15)16-9-6-14(17)10-13(16)11-19/h4-11H,3H2,1-2H3. The average molecular weight is 318 g/mol. The fourth-order valence-corrected chi connectivity index (χ4v) is 2.46. The fourth-order valence-electron chi connectivity index (χ4n) is 2.08. The third-order valence-electron chi connectivity index (χ3n) is 3.07. The number of benzene rings is 2. The molecule has 98 valence electrons. The lowest BCUT2D eigenvalue weighted by molar-refractivity contribution is 0.112. The van der Waals surface area contributed by atoms with Crippen LogP contribution in [0.5, 0.6) is 0 Å². The van der Waals surface area contributed by atoms with Crippen molar-refractivity contribution in [3.63, 3.8) is 0 Å². The molecule has 2 aromatic rings. The summed E-state index contributed by atoms with van der Waals surface area (Å²) in [5.74, 6) is 0. The van der Waals surface area contributed by atoms with Gasteiger partial charge in [-0.2, -0.15) is 0 Å². The van der Waals surface area contributed by atoms with Gasteiger partial charge >= 0.3 is 0 Å². The van der Waals surface area contributed by atoms with E-state index in [0.717, 1.165) is 28.7 Å². The number of rotatable bonds is 4. The Hall–Kier alpha value is -1.61. The van der Waals surface area contributed by atoms with Crippen LogP contribution in [-0.2, 0) is 0 Å². The van der Waals surface area contributed by atoms with Crippen molar-refractivity contribution >= 4 is 33.6 Å². The summed E-state index contributed by atoms with van der Waals surface area (Å²) in [5.41, 5.74) is 3.95. The molecule has 3 heteroatoms. The van der Waals surface area contributed by atoms with E-state index in [2.05, 4.69) is 58.9 Å². The molecule has 2 nitrogen and oxygen atoms in total. The molecule has 0 amide bonds. The molecule has 0 saturated carbocycles. The molecule has 0 bridgehead atoms. The third-order valence-corrected chi connectivity index (χ3v) is 3.56. The molecular weight excluding hydrogens is 302 g/mol. The molecule has 0 spiro atoms. The first kappa shape index (κ1) is 13.8. The van der Waals surface area contributed by atoms with E-state index in [1.807, 2.05) is 18.2 Å². The number of hydrogen-bond acceptors (Lipinski definition) is 2. The van der Waals surface area contributed by atoms with E-state index in [1.165, 1.54) is 5.56 Å². The van der Waals surface area contributed by atoms with E-state index in [9.17, 15) is 4.79 Å². The second-order valence-electron chi connectivity index (χ2n) is 4.40. The van der Waals surface area contributed by atoms with Gasteiger partial charge in [-0.25, -0.2) is 0 Å². The fraction of sp³-hybridized carbons (Fsp3) is 0.188. The molecule has 0 N–H and O–H groups in total. The zero-order valence-electron chi connectivity index (χ0n) is 11.1. The molecule has 0 saturated heterocycles. The first-order valence-electron chi connectivity index (χ1n) is 6.24. The van der Waals surface area contributed by atoms with Crippen LogP contribution in [0.15, 0.2) is 46.9 Å². The number of anilines is 2. The van der Waals surface area contributed by atoms with E-state index in [1.54, 1.807) is 0 Å². The van der Waals surface area contributed by atoms with Crippen molar-refractivity contribution in [1.29, 1.82) is 0 Å². The van der Waals surface area contributed by atoms with Crippen molar-refractivity contribution in [2.75, 3.05) is 11.4 Å². The number of aryl methyl sites for hydroxylation is 1. The molecular formula is C16H16BrNO. The van der Waals surface area contributed by atoms with E-state index in [-0.39, 0.29) is 0 Å². The number of nitrogens with zero attached hydrogens (tertiary/aromatic N) is 1. The predicted molar refractivity (Wildman–Crippen MR) is 83.4 cm³/mol. The molecule has 0 radical (unpaired) electrons. The topological polar surface area (TPSA) is 20.3 Å². The Balaban J connectivity index is 2.47. The van der Waals surface area contributed by atoms with Gasteiger partial charge in [0.05, 0.1) is 5.69 Å². The Bertz CT molecular complexity index is 578. The maximum Gasteiger partial charge on any atom is 0.152 e. The first-order chi connectivity index (χ1) is 9.15. The van der Waals surface area contributed by atoms with Crippen LogP contribution in [0.1, 0.15) is 22.8 Å². The van der Waals surface area contributed by atoms with Gasteiger partial charge in [0.2, 0.25) is 0 Å². The highest BCUT2D eigenvalue weighted by Crippen LogP contribution is 2.29. The highest BCUT2D eigenvalue weighted by atomic mass is 79.9. The average Bonchev–Trinajstić information content (AvgIpc) is 2.43. The number of carbonyl (C=O) groups excluding carboxylic acids is 1. The molecule has 0 aromatic heterocycles. The van der Waals surface area contributed by atoms with Gasteiger partial charge in [0, 0.05) is 22.3 Å². The molecule has 2 aromatic carbocycles. The maximum atomic E-state index is 11.2. The number of hydrogen-bond donors (Lipinski definition) is 0. The molecule has 2 rings (SSSR count). The summed E-state index contributed by atoms with van der Waals surface area (Å²) in [6.45, 7) is 4.96. The van der Waals surface area contributed by atoms with Crippen molar-refractivity contribution in [3.05, 3.63) is 58.1 Å². The van der Waals surface area contributed by atoms with Crippen LogP contribution in [0.4, 0.5) is 11.4 Å². The lowest BCUT2D eigenvalue weighted by atomic mass is 10.1. The van der Waals surface area contributed by atoms with Crippen LogP contribution in [-0.4, -0.2) is 12.8 Å². The van der Waals surface area contributed by atoms with Crippen molar-refractivity contribution in [2.45, 2.75) is 13.8 Å². The molecule has 0 aliphatic carbocycles. The number of halogens is 1. The Morgan fingerprint density at radius 1 is 1.16 bits per heavy atom. The molecule has 0 heterocycles. The normalized spacial score (nSPS) is 10.3. The Morgan fingerprint density at radius 3 is 2.42 bits per heavy atom. The van der Waals surface area contributed by atoms with Crippen LogP contribution < -0.4 is 4.90 Å². The highest BCUT2D eigenvalue weighted by molar-refractivity contribution is 9.10. The molecule has 0 atom stereocenters. The van der Waals surface area contributed by atoms with E-state index in [0.29, 0.717) is 5.56 Å². The summed E-state index contributed by atoms with van der Waals surface area (Å²) >= 11 is 3.40. The Morgan fingerprint density at radius 2 is 1.84 bits per heavy atom. The minimum Gasteiger partial charge on any atom is -0.341 e. The minimum atomic E-state index is 0.691. The van der Waals surface area contributed by atoms with Gasteiger partial charge in [0.1, 0.15) is 0 Å². The summed E-state index contributed by atoms with van der Waals surface area (Å²) in [6, 6.07) is 14.1. The smallest absolute Gasteiger partial charge is 0.152 e. The lowest BCUT2D eigenvalue weighted by Crippen LogP contribution is -2.17. The molecule has 0 aliphatic heterocycles.